The predicted molar refractivity (Wildman–Crippen MR) is 82.7 cm³/mol. The van der Waals surface area contributed by atoms with Crippen LogP contribution in [0.25, 0.3) is 10.9 Å². The fraction of sp³-hybridized carbons (Fsp3) is 0.400. The molecule has 0 saturated heterocycles. The van der Waals surface area contributed by atoms with Crippen LogP contribution in [0.5, 0.6) is 0 Å². The molecule has 2 aromatic rings. The minimum absolute atomic E-state index is 0.387. The molecule has 1 aromatic carbocycles. The average Bonchev–Trinajstić information content (AvgIpc) is 2.29. The van der Waals surface area contributed by atoms with Crippen LogP contribution in [0.3, 0.4) is 0 Å². The molecule has 1 heterocycles. The molecule has 0 saturated carbocycles. The smallest absolute Gasteiger partial charge is 0.0753 e. The van der Waals surface area contributed by atoms with Crippen molar-refractivity contribution >= 4 is 38.4 Å². The number of aromatic nitrogens is 1. The minimum Gasteiger partial charge on any atom is -0.252 e. The monoisotopic (exact) mass is 325 g/mol. The predicted octanol–water partition coefficient (Wildman–Crippen LogP) is 5.64. The average molecular weight is 327 g/mol. The first-order chi connectivity index (χ1) is 8.45. The molecule has 0 aliphatic rings. The molecule has 0 N–H and O–H groups in total. The summed E-state index contributed by atoms with van der Waals surface area (Å²) in [5.41, 5.74) is 4.47. The Kier molecular flexibility index (Phi) is 3.98. The van der Waals surface area contributed by atoms with Gasteiger partial charge in [0.25, 0.3) is 0 Å². The summed E-state index contributed by atoms with van der Waals surface area (Å²) in [6.45, 7) is 8.49. The second-order valence-corrected chi connectivity index (χ2v) is 6.19. The van der Waals surface area contributed by atoms with Gasteiger partial charge in [-0.25, -0.2) is 0 Å². The van der Waals surface area contributed by atoms with Crippen molar-refractivity contribution in [1.29, 1.82) is 0 Å². The molecule has 0 atom stereocenters. The lowest BCUT2D eigenvalue weighted by atomic mass is 9.98. The van der Waals surface area contributed by atoms with E-state index in [-0.39, 0.29) is 0 Å². The number of benzene rings is 1. The zero-order chi connectivity index (χ0) is 13.4. The van der Waals surface area contributed by atoms with Gasteiger partial charge in [0.05, 0.1) is 10.5 Å². The fourth-order valence-electron chi connectivity index (χ4n) is 2.43. The first kappa shape index (κ1) is 13.8. The summed E-state index contributed by atoms with van der Waals surface area (Å²) < 4.78 is 1.06. The Bertz CT molecular complexity index is 605. The van der Waals surface area contributed by atoms with Crippen LogP contribution in [0.15, 0.2) is 16.6 Å². The van der Waals surface area contributed by atoms with E-state index in [0.29, 0.717) is 5.92 Å². The maximum atomic E-state index is 6.58. The quantitative estimate of drug-likeness (QED) is 0.695. The first-order valence-electron chi connectivity index (χ1n) is 6.23. The third-order valence-corrected chi connectivity index (χ3v) is 4.12. The number of nitrogens with zero attached hydrogens (tertiary/aromatic N) is 1. The lowest BCUT2D eigenvalue weighted by molar-refractivity contribution is 0.847. The maximum Gasteiger partial charge on any atom is 0.0753 e. The van der Waals surface area contributed by atoms with E-state index < -0.39 is 0 Å². The van der Waals surface area contributed by atoms with E-state index >= 15 is 0 Å². The summed E-state index contributed by atoms with van der Waals surface area (Å²) in [6, 6.07) is 4.19. The number of halogens is 2. The van der Waals surface area contributed by atoms with E-state index in [0.717, 1.165) is 38.1 Å². The van der Waals surface area contributed by atoms with Crippen LogP contribution >= 0.6 is 27.5 Å². The highest BCUT2D eigenvalue weighted by molar-refractivity contribution is 9.10. The van der Waals surface area contributed by atoms with Crippen LogP contribution in [0.4, 0.5) is 0 Å². The number of rotatable bonds is 2. The molecule has 18 heavy (non-hydrogen) atoms. The molecular formula is C15H17BrClN. The van der Waals surface area contributed by atoms with Crippen LogP contribution in [0.1, 0.15) is 43.5 Å². The summed E-state index contributed by atoms with van der Waals surface area (Å²) >= 11 is 10.1. The van der Waals surface area contributed by atoms with Gasteiger partial charge in [-0.2, -0.15) is 0 Å². The Morgan fingerprint density at radius 3 is 2.56 bits per heavy atom. The van der Waals surface area contributed by atoms with Crippen LogP contribution in [-0.2, 0) is 6.42 Å². The number of pyridine rings is 1. The van der Waals surface area contributed by atoms with E-state index in [1.807, 2.05) is 6.92 Å². The Hall–Kier alpha value is -0.600. The van der Waals surface area contributed by atoms with E-state index in [9.17, 15) is 0 Å². The Balaban J connectivity index is 2.90. The van der Waals surface area contributed by atoms with Gasteiger partial charge in [0, 0.05) is 15.6 Å². The fourth-order valence-corrected chi connectivity index (χ4v) is 3.43. The maximum absolute atomic E-state index is 6.58. The van der Waals surface area contributed by atoms with Gasteiger partial charge < -0.3 is 0 Å². The highest BCUT2D eigenvalue weighted by Gasteiger charge is 2.15. The molecule has 0 aliphatic carbocycles. The van der Waals surface area contributed by atoms with Gasteiger partial charge in [0.2, 0.25) is 0 Å². The molecule has 2 rings (SSSR count). The van der Waals surface area contributed by atoms with Crippen molar-refractivity contribution in [2.45, 2.75) is 40.0 Å². The van der Waals surface area contributed by atoms with Gasteiger partial charge in [-0.15, -0.1) is 0 Å². The lowest BCUT2D eigenvalue weighted by Gasteiger charge is -2.15. The largest absolute Gasteiger partial charge is 0.252 e. The standard InChI is InChI=1S/C15H17BrClN/c1-5-10-6-11(16)7-12-14(17)13(8(2)3)9(4)18-15(10)12/h6-8H,5H2,1-4H3. The highest BCUT2D eigenvalue weighted by Crippen LogP contribution is 2.35. The van der Waals surface area contributed by atoms with Crippen LogP contribution < -0.4 is 0 Å². The molecule has 0 fully saturated rings. The van der Waals surface area contributed by atoms with Crippen molar-refractivity contribution in [3.05, 3.63) is 38.4 Å². The summed E-state index contributed by atoms with van der Waals surface area (Å²) in [5, 5.41) is 1.90. The molecule has 0 aliphatic heterocycles. The third-order valence-electron chi connectivity index (χ3n) is 3.25. The summed E-state index contributed by atoms with van der Waals surface area (Å²) in [7, 11) is 0. The second-order valence-electron chi connectivity index (χ2n) is 4.89. The Labute approximate surface area is 122 Å². The molecule has 0 unspecified atom stereocenters. The molecule has 1 aromatic heterocycles. The molecule has 0 amide bonds. The Morgan fingerprint density at radius 2 is 2.00 bits per heavy atom. The van der Waals surface area contributed by atoms with Crippen LogP contribution in [0.2, 0.25) is 5.02 Å². The zero-order valence-corrected chi connectivity index (χ0v) is 13.5. The van der Waals surface area contributed by atoms with Crippen LogP contribution in [-0.4, -0.2) is 4.98 Å². The summed E-state index contributed by atoms with van der Waals surface area (Å²) in [4.78, 5) is 4.76. The lowest BCUT2D eigenvalue weighted by Crippen LogP contribution is -2.00. The van der Waals surface area contributed by atoms with Gasteiger partial charge in [0.15, 0.2) is 0 Å². The topological polar surface area (TPSA) is 12.9 Å². The van der Waals surface area contributed by atoms with Crippen molar-refractivity contribution in [2.24, 2.45) is 0 Å². The van der Waals surface area contributed by atoms with E-state index in [1.54, 1.807) is 0 Å². The van der Waals surface area contributed by atoms with Crippen molar-refractivity contribution in [2.75, 3.05) is 0 Å². The zero-order valence-electron chi connectivity index (χ0n) is 11.1. The van der Waals surface area contributed by atoms with Gasteiger partial charge in [-0.05, 0) is 42.5 Å². The van der Waals surface area contributed by atoms with Crippen LogP contribution in [0, 0.1) is 6.92 Å². The van der Waals surface area contributed by atoms with Gasteiger partial charge in [-0.1, -0.05) is 48.3 Å². The van der Waals surface area contributed by atoms with E-state index in [1.165, 1.54) is 5.56 Å². The van der Waals surface area contributed by atoms with Crippen molar-refractivity contribution < 1.29 is 0 Å². The normalized spacial score (nSPS) is 11.5. The number of fused-ring (bicyclic) bond motifs is 1. The Morgan fingerprint density at radius 1 is 1.33 bits per heavy atom. The second kappa shape index (κ2) is 5.18. The van der Waals surface area contributed by atoms with Crippen molar-refractivity contribution in [3.8, 4) is 0 Å². The number of hydrogen-bond acceptors (Lipinski definition) is 1. The SMILES string of the molecule is CCc1cc(Br)cc2c(Cl)c(C(C)C)c(C)nc12. The first-order valence-corrected chi connectivity index (χ1v) is 7.40. The highest BCUT2D eigenvalue weighted by atomic mass is 79.9. The van der Waals surface area contributed by atoms with Crippen molar-refractivity contribution in [3.63, 3.8) is 0 Å². The van der Waals surface area contributed by atoms with Gasteiger partial charge in [0.1, 0.15) is 0 Å². The van der Waals surface area contributed by atoms with Gasteiger partial charge in [-0.3, -0.25) is 4.98 Å². The third kappa shape index (κ3) is 2.28. The molecule has 0 spiro atoms. The molecule has 1 nitrogen and oxygen atoms in total. The van der Waals surface area contributed by atoms with E-state index in [4.69, 9.17) is 16.6 Å². The molecule has 0 radical (unpaired) electrons. The van der Waals surface area contributed by atoms with Crippen molar-refractivity contribution in [1.82, 2.24) is 4.98 Å². The molecule has 0 bridgehead atoms. The summed E-state index contributed by atoms with van der Waals surface area (Å²) in [6.07, 6.45) is 0.958. The summed E-state index contributed by atoms with van der Waals surface area (Å²) in [5.74, 6) is 0.387. The molecular weight excluding hydrogens is 310 g/mol. The molecule has 96 valence electrons. The molecule has 3 heteroatoms. The van der Waals surface area contributed by atoms with Gasteiger partial charge >= 0.3 is 0 Å². The minimum atomic E-state index is 0.387. The van der Waals surface area contributed by atoms with E-state index in [2.05, 4.69) is 48.8 Å². The number of hydrogen-bond donors (Lipinski definition) is 0. The number of aryl methyl sites for hydroxylation is 2.